The highest BCUT2D eigenvalue weighted by Gasteiger charge is 2.19. The second-order valence-corrected chi connectivity index (χ2v) is 8.29. The number of halogens is 1. The molecule has 0 spiro atoms. The fraction of sp³-hybridized carbons (Fsp3) is 0.474. The van der Waals surface area contributed by atoms with E-state index in [1.54, 1.807) is 11.3 Å². The zero-order chi connectivity index (χ0) is 18.4. The van der Waals surface area contributed by atoms with E-state index in [4.69, 9.17) is 11.6 Å². The van der Waals surface area contributed by atoms with E-state index in [2.05, 4.69) is 44.1 Å². The van der Waals surface area contributed by atoms with Crippen LogP contribution in [0.15, 0.2) is 35.6 Å². The van der Waals surface area contributed by atoms with Crippen molar-refractivity contribution in [3.8, 4) is 0 Å². The summed E-state index contributed by atoms with van der Waals surface area (Å²) in [7, 11) is 1.86. The Balaban J connectivity index is 1.44. The van der Waals surface area contributed by atoms with Gasteiger partial charge in [0.1, 0.15) is 0 Å². The topological polar surface area (TPSA) is 43.8 Å². The van der Waals surface area contributed by atoms with Crippen molar-refractivity contribution in [1.82, 2.24) is 20.1 Å². The Morgan fingerprint density at radius 1 is 1.27 bits per heavy atom. The molecule has 3 rings (SSSR count). The molecule has 0 radical (unpaired) electrons. The average Bonchev–Trinajstić information content (AvgIpc) is 3.06. The first-order chi connectivity index (χ1) is 12.7. The number of aromatic nitrogens is 1. The monoisotopic (exact) mass is 391 g/mol. The van der Waals surface area contributed by atoms with E-state index >= 15 is 0 Å². The van der Waals surface area contributed by atoms with E-state index in [1.165, 1.54) is 16.0 Å². The molecule has 7 heteroatoms. The van der Waals surface area contributed by atoms with Crippen LogP contribution in [-0.4, -0.2) is 60.5 Å². The molecule has 1 N–H and O–H groups in total. The first-order valence-electron chi connectivity index (χ1n) is 8.97. The first-order valence-corrected chi connectivity index (χ1v) is 10.2. The number of nitrogens with one attached hydrogen (secondary N) is 1. The molecule has 26 heavy (non-hydrogen) atoms. The summed E-state index contributed by atoms with van der Waals surface area (Å²) in [5.74, 6) is 0.996. The van der Waals surface area contributed by atoms with Crippen LogP contribution < -0.4 is 5.32 Å². The van der Waals surface area contributed by atoms with Gasteiger partial charge in [-0.25, -0.2) is 0 Å². The fourth-order valence-corrected chi connectivity index (χ4v) is 4.33. The van der Waals surface area contributed by atoms with Crippen LogP contribution in [0, 0.1) is 6.92 Å². The van der Waals surface area contributed by atoms with Crippen LogP contribution in [0.2, 0.25) is 4.34 Å². The van der Waals surface area contributed by atoms with Crippen molar-refractivity contribution in [2.24, 2.45) is 4.99 Å². The van der Waals surface area contributed by atoms with Gasteiger partial charge in [-0.15, -0.1) is 11.3 Å². The van der Waals surface area contributed by atoms with Gasteiger partial charge in [-0.3, -0.25) is 14.9 Å². The van der Waals surface area contributed by atoms with Crippen molar-refractivity contribution in [3.63, 3.8) is 0 Å². The molecule has 1 saturated heterocycles. The van der Waals surface area contributed by atoms with E-state index in [9.17, 15) is 0 Å². The summed E-state index contributed by atoms with van der Waals surface area (Å²) >= 11 is 7.70. The highest BCUT2D eigenvalue weighted by Crippen LogP contribution is 2.23. The first kappa shape index (κ1) is 19.1. The lowest BCUT2D eigenvalue weighted by molar-refractivity contribution is 0.174. The Morgan fingerprint density at radius 2 is 2.08 bits per heavy atom. The summed E-state index contributed by atoms with van der Waals surface area (Å²) in [6, 6.07) is 6.20. The van der Waals surface area contributed by atoms with Crippen molar-refractivity contribution >= 4 is 28.9 Å². The van der Waals surface area contributed by atoms with Crippen molar-refractivity contribution in [2.45, 2.75) is 19.9 Å². The molecule has 0 amide bonds. The smallest absolute Gasteiger partial charge is 0.193 e. The Labute approximate surface area is 164 Å². The molecule has 2 aromatic rings. The third-order valence-corrected chi connectivity index (χ3v) is 5.92. The molecule has 0 atom stereocenters. The molecular formula is C19H26ClN5S. The fourth-order valence-electron chi connectivity index (χ4n) is 3.20. The maximum atomic E-state index is 6.03. The molecule has 0 aromatic carbocycles. The van der Waals surface area contributed by atoms with Gasteiger partial charge in [-0.1, -0.05) is 11.6 Å². The molecule has 3 heterocycles. The molecular weight excluding hydrogens is 366 g/mol. The maximum absolute atomic E-state index is 6.03. The number of rotatable bonds is 5. The van der Waals surface area contributed by atoms with Gasteiger partial charge in [0.2, 0.25) is 0 Å². The standard InChI is InChI=1S/C19H26ClN5S/c1-15-13-22-7-5-16(15)6-8-23-19(21-2)25-11-9-24(10-12-25)14-17-3-4-18(20)26-17/h3-5,7,13H,6,8-12,14H2,1-2H3,(H,21,23). The van der Waals surface area contributed by atoms with Crippen LogP contribution in [0.5, 0.6) is 0 Å². The van der Waals surface area contributed by atoms with E-state index in [0.29, 0.717) is 0 Å². The predicted molar refractivity (Wildman–Crippen MR) is 110 cm³/mol. The number of piperazine rings is 1. The van der Waals surface area contributed by atoms with E-state index in [0.717, 1.165) is 56.0 Å². The van der Waals surface area contributed by atoms with Gasteiger partial charge in [0.15, 0.2) is 5.96 Å². The predicted octanol–water partition coefficient (Wildman–Crippen LogP) is 3.04. The second kappa shape index (κ2) is 9.35. The molecule has 0 bridgehead atoms. The summed E-state index contributed by atoms with van der Waals surface area (Å²) in [5.41, 5.74) is 2.58. The number of aryl methyl sites for hydroxylation is 1. The Morgan fingerprint density at radius 3 is 2.73 bits per heavy atom. The van der Waals surface area contributed by atoms with E-state index < -0.39 is 0 Å². The minimum atomic E-state index is 0.868. The number of thiophene rings is 1. The van der Waals surface area contributed by atoms with Gasteiger partial charge in [0, 0.05) is 63.6 Å². The third-order valence-electron chi connectivity index (χ3n) is 4.71. The summed E-state index contributed by atoms with van der Waals surface area (Å²) in [6.07, 6.45) is 4.76. The molecule has 0 aliphatic carbocycles. The van der Waals surface area contributed by atoms with Crippen molar-refractivity contribution in [1.29, 1.82) is 0 Å². The number of guanidine groups is 1. The van der Waals surface area contributed by atoms with Crippen LogP contribution in [0.25, 0.3) is 0 Å². The largest absolute Gasteiger partial charge is 0.356 e. The summed E-state index contributed by atoms with van der Waals surface area (Å²) < 4.78 is 0.868. The molecule has 1 aliphatic heterocycles. The van der Waals surface area contributed by atoms with Gasteiger partial charge in [0.05, 0.1) is 4.34 Å². The van der Waals surface area contributed by atoms with Crippen molar-refractivity contribution in [2.75, 3.05) is 39.8 Å². The summed E-state index contributed by atoms with van der Waals surface area (Å²) in [4.78, 5) is 14.8. The SMILES string of the molecule is CN=C(NCCc1ccncc1C)N1CCN(Cc2ccc(Cl)s2)CC1. The van der Waals surface area contributed by atoms with E-state index in [1.807, 2.05) is 25.5 Å². The highest BCUT2D eigenvalue weighted by molar-refractivity contribution is 7.16. The van der Waals surface area contributed by atoms with Gasteiger partial charge in [-0.2, -0.15) is 0 Å². The third kappa shape index (κ3) is 5.19. The molecule has 2 aromatic heterocycles. The number of aliphatic imine (C=N–C) groups is 1. The van der Waals surface area contributed by atoms with Crippen LogP contribution in [0.4, 0.5) is 0 Å². The van der Waals surface area contributed by atoms with Crippen LogP contribution in [0.1, 0.15) is 16.0 Å². The normalized spacial score (nSPS) is 16.1. The van der Waals surface area contributed by atoms with Crippen LogP contribution >= 0.6 is 22.9 Å². The molecule has 1 fully saturated rings. The molecule has 0 saturated carbocycles. The number of nitrogens with zero attached hydrogens (tertiary/aromatic N) is 4. The van der Waals surface area contributed by atoms with Crippen molar-refractivity contribution in [3.05, 3.63) is 50.9 Å². The Hall–Kier alpha value is -1.63. The lowest BCUT2D eigenvalue weighted by atomic mass is 10.1. The van der Waals surface area contributed by atoms with Crippen LogP contribution in [-0.2, 0) is 13.0 Å². The van der Waals surface area contributed by atoms with Gasteiger partial charge < -0.3 is 10.2 Å². The zero-order valence-corrected chi connectivity index (χ0v) is 17.0. The number of hydrogen-bond donors (Lipinski definition) is 1. The number of hydrogen-bond acceptors (Lipinski definition) is 4. The number of pyridine rings is 1. The molecule has 1 aliphatic rings. The lowest BCUT2D eigenvalue weighted by Crippen LogP contribution is -2.52. The average molecular weight is 392 g/mol. The Kier molecular flexibility index (Phi) is 6.88. The second-order valence-electron chi connectivity index (χ2n) is 6.50. The Bertz CT molecular complexity index is 737. The molecule has 0 unspecified atom stereocenters. The molecule has 5 nitrogen and oxygen atoms in total. The van der Waals surface area contributed by atoms with Crippen LogP contribution in [0.3, 0.4) is 0 Å². The van der Waals surface area contributed by atoms with E-state index in [-0.39, 0.29) is 0 Å². The highest BCUT2D eigenvalue weighted by atomic mass is 35.5. The quantitative estimate of drug-likeness (QED) is 0.628. The van der Waals surface area contributed by atoms with Gasteiger partial charge in [0.25, 0.3) is 0 Å². The molecule has 140 valence electrons. The minimum Gasteiger partial charge on any atom is -0.356 e. The summed E-state index contributed by atoms with van der Waals surface area (Å²) in [6.45, 7) is 8.04. The maximum Gasteiger partial charge on any atom is 0.193 e. The summed E-state index contributed by atoms with van der Waals surface area (Å²) in [5, 5.41) is 3.50. The lowest BCUT2D eigenvalue weighted by Gasteiger charge is -2.36. The zero-order valence-electron chi connectivity index (χ0n) is 15.4. The minimum absolute atomic E-state index is 0.868. The van der Waals surface area contributed by atoms with Gasteiger partial charge in [-0.05, 0) is 42.7 Å². The van der Waals surface area contributed by atoms with Gasteiger partial charge >= 0.3 is 0 Å². The van der Waals surface area contributed by atoms with Crippen molar-refractivity contribution < 1.29 is 0 Å².